The molecular formula is C18H24N2O3. The van der Waals surface area contributed by atoms with Crippen LogP contribution < -0.4 is 0 Å². The van der Waals surface area contributed by atoms with Gasteiger partial charge in [0.15, 0.2) is 5.58 Å². The highest BCUT2D eigenvalue weighted by molar-refractivity contribution is 5.86. The maximum absolute atomic E-state index is 12.7. The second kappa shape index (κ2) is 5.34. The molecule has 0 bridgehead atoms. The highest BCUT2D eigenvalue weighted by atomic mass is 16.5. The Bertz CT molecular complexity index is 737. The van der Waals surface area contributed by atoms with Crippen molar-refractivity contribution in [3.05, 3.63) is 30.0 Å². The minimum atomic E-state index is -0.188. The van der Waals surface area contributed by atoms with Gasteiger partial charge in [0.05, 0.1) is 12.0 Å². The molecular weight excluding hydrogens is 292 g/mol. The second-order valence-corrected chi connectivity index (χ2v) is 7.18. The number of ether oxygens (including phenoxy) is 1. The number of carbonyl (C=O) groups excluding carboxylic acids is 1. The number of para-hydroxylation sites is 1. The number of aromatic nitrogens is 1. The van der Waals surface area contributed by atoms with Crippen molar-refractivity contribution in [2.45, 2.75) is 45.3 Å². The first-order chi connectivity index (χ1) is 10.8. The number of amides is 1. The van der Waals surface area contributed by atoms with Gasteiger partial charge in [-0.3, -0.25) is 4.79 Å². The van der Waals surface area contributed by atoms with Crippen LogP contribution in [0.4, 0.5) is 0 Å². The summed E-state index contributed by atoms with van der Waals surface area (Å²) in [5, 5.41) is 4.96. The minimum absolute atomic E-state index is 0.0558. The van der Waals surface area contributed by atoms with Crippen molar-refractivity contribution >= 4 is 16.9 Å². The van der Waals surface area contributed by atoms with E-state index in [4.69, 9.17) is 9.26 Å². The van der Waals surface area contributed by atoms with E-state index in [0.29, 0.717) is 11.3 Å². The molecule has 1 fully saturated rings. The molecule has 1 aromatic carbocycles. The topological polar surface area (TPSA) is 55.6 Å². The van der Waals surface area contributed by atoms with E-state index in [1.54, 1.807) is 7.11 Å². The Morgan fingerprint density at radius 2 is 2.09 bits per heavy atom. The average Bonchev–Trinajstić information content (AvgIpc) is 2.94. The Morgan fingerprint density at radius 3 is 2.74 bits per heavy atom. The van der Waals surface area contributed by atoms with Crippen molar-refractivity contribution in [3.63, 3.8) is 0 Å². The zero-order chi connectivity index (χ0) is 16.8. The highest BCUT2D eigenvalue weighted by Crippen LogP contribution is 2.53. The summed E-state index contributed by atoms with van der Waals surface area (Å²) in [6, 6.07) is 7.78. The summed E-state index contributed by atoms with van der Waals surface area (Å²) in [6.45, 7) is 6.41. The first-order valence-corrected chi connectivity index (χ1v) is 7.94. The molecule has 2 atom stereocenters. The summed E-state index contributed by atoms with van der Waals surface area (Å²) >= 11 is 0. The normalized spacial score (nSPS) is 26.0. The van der Waals surface area contributed by atoms with Gasteiger partial charge in [0.25, 0.3) is 0 Å². The van der Waals surface area contributed by atoms with Crippen molar-refractivity contribution in [1.29, 1.82) is 0 Å². The van der Waals surface area contributed by atoms with Crippen LogP contribution in [0.1, 0.15) is 32.9 Å². The minimum Gasteiger partial charge on any atom is -0.378 e. The molecule has 23 heavy (non-hydrogen) atoms. The lowest BCUT2D eigenvalue weighted by Crippen LogP contribution is -2.68. The average molecular weight is 316 g/mol. The quantitative estimate of drug-likeness (QED) is 0.870. The molecule has 0 radical (unpaired) electrons. The second-order valence-electron chi connectivity index (χ2n) is 7.18. The Morgan fingerprint density at radius 1 is 1.39 bits per heavy atom. The van der Waals surface area contributed by atoms with Crippen LogP contribution in [0.15, 0.2) is 28.8 Å². The van der Waals surface area contributed by atoms with E-state index in [9.17, 15) is 4.79 Å². The molecule has 1 amide bonds. The molecule has 5 nitrogen and oxygen atoms in total. The largest absolute Gasteiger partial charge is 0.378 e. The Hall–Kier alpha value is -1.88. The lowest BCUT2D eigenvalue weighted by atomic mass is 9.55. The standard InChI is InChI=1S/C18H24N2O3/c1-17(2)15(11-18(17,3)22-5)20(4)16(21)10-13-12-8-6-7-9-14(12)23-19-13/h6-9,15H,10-11H2,1-5H3/t15-,18-/m1/s1. The summed E-state index contributed by atoms with van der Waals surface area (Å²) in [7, 11) is 3.60. The molecule has 0 saturated heterocycles. The number of fused-ring (bicyclic) bond motifs is 1. The van der Waals surface area contributed by atoms with Crippen molar-refractivity contribution in [1.82, 2.24) is 10.1 Å². The first kappa shape index (κ1) is 16.0. The predicted octanol–water partition coefficient (Wildman–Crippen LogP) is 3.03. The third-order valence-corrected chi connectivity index (χ3v) is 5.86. The van der Waals surface area contributed by atoms with Gasteiger partial charge in [-0.1, -0.05) is 31.1 Å². The predicted molar refractivity (Wildman–Crippen MR) is 88.1 cm³/mol. The van der Waals surface area contributed by atoms with E-state index in [0.717, 1.165) is 11.8 Å². The van der Waals surface area contributed by atoms with Crippen molar-refractivity contribution < 1.29 is 14.1 Å². The van der Waals surface area contributed by atoms with E-state index in [1.165, 1.54) is 0 Å². The summed E-state index contributed by atoms with van der Waals surface area (Å²) < 4.78 is 10.9. The third kappa shape index (κ3) is 2.34. The van der Waals surface area contributed by atoms with E-state index in [1.807, 2.05) is 36.2 Å². The molecule has 1 heterocycles. The van der Waals surface area contributed by atoms with Crippen molar-refractivity contribution in [2.24, 2.45) is 5.41 Å². The number of methoxy groups -OCH3 is 1. The molecule has 0 aliphatic heterocycles. The van der Waals surface area contributed by atoms with Gasteiger partial charge in [0, 0.05) is 31.0 Å². The van der Waals surface area contributed by atoms with Gasteiger partial charge in [0.2, 0.25) is 5.91 Å². The SMILES string of the molecule is CO[C@]1(C)C[C@@H](N(C)C(=O)Cc2noc3ccccc23)C1(C)C. The smallest absolute Gasteiger partial charge is 0.228 e. The number of hydrogen-bond donors (Lipinski definition) is 0. The number of carbonyl (C=O) groups is 1. The fourth-order valence-electron chi connectivity index (χ4n) is 3.58. The van der Waals surface area contributed by atoms with Crippen LogP contribution in [0, 0.1) is 5.41 Å². The third-order valence-electron chi connectivity index (χ3n) is 5.86. The Kier molecular flexibility index (Phi) is 3.71. The van der Waals surface area contributed by atoms with E-state index in [-0.39, 0.29) is 29.4 Å². The Labute approximate surface area is 136 Å². The number of rotatable bonds is 4. The van der Waals surface area contributed by atoms with Crippen LogP contribution in [0.3, 0.4) is 0 Å². The number of nitrogens with zero attached hydrogens (tertiary/aromatic N) is 2. The van der Waals surface area contributed by atoms with Crippen LogP contribution in [0.2, 0.25) is 0 Å². The maximum atomic E-state index is 12.7. The van der Waals surface area contributed by atoms with Crippen molar-refractivity contribution in [3.8, 4) is 0 Å². The molecule has 1 aromatic heterocycles. The van der Waals surface area contributed by atoms with Crippen molar-refractivity contribution in [2.75, 3.05) is 14.2 Å². The molecule has 124 valence electrons. The zero-order valence-electron chi connectivity index (χ0n) is 14.4. The molecule has 0 spiro atoms. The van der Waals surface area contributed by atoms with E-state index in [2.05, 4.69) is 25.9 Å². The van der Waals surface area contributed by atoms with Crippen LogP contribution in [0.5, 0.6) is 0 Å². The molecule has 5 heteroatoms. The van der Waals surface area contributed by atoms with Gasteiger partial charge in [-0.05, 0) is 25.5 Å². The van der Waals surface area contributed by atoms with Gasteiger partial charge >= 0.3 is 0 Å². The monoisotopic (exact) mass is 316 g/mol. The molecule has 1 aliphatic rings. The summed E-state index contributed by atoms with van der Waals surface area (Å²) in [6.07, 6.45) is 1.10. The van der Waals surface area contributed by atoms with Crippen LogP contribution in [-0.2, 0) is 16.0 Å². The van der Waals surface area contributed by atoms with E-state index < -0.39 is 0 Å². The summed E-state index contributed by atoms with van der Waals surface area (Å²) in [5.74, 6) is 0.0558. The van der Waals surface area contributed by atoms with Gasteiger partial charge in [-0.15, -0.1) is 0 Å². The highest BCUT2D eigenvalue weighted by Gasteiger charge is 2.59. The molecule has 2 aromatic rings. The number of likely N-dealkylation sites (N-methyl/N-ethyl adjacent to an activating group) is 1. The van der Waals surface area contributed by atoms with Crippen LogP contribution in [0.25, 0.3) is 11.0 Å². The lowest BCUT2D eigenvalue weighted by molar-refractivity contribution is -0.207. The van der Waals surface area contributed by atoms with Crippen LogP contribution in [-0.4, -0.2) is 41.8 Å². The summed E-state index contributed by atoms with van der Waals surface area (Å²) in [5.41, 5.74) is 1.14. The molecule has 0 unspecified atom stereocenters. The first-order valence-electron chi connectivity index (χ1n) is 7.94. The molecule has 3 rings (SSSR count). The number of hydrogen-bond acceptors (Lipinski definition) is 4. The Balaban J connectivity index is 1.74. The van der Waals surface area contributed by atoms with Crippen LogP contribution >= 0.6 is 0 Å². The molecule has 0 N–H and O–H groups in total. The molecule has 1 saturated carbocycles. The van der Waals surface area contributed by atoms with Gasteiger partial charge in [-0.25, -0.2) is 0 Å². The fraction of sp³-hybridized carbons (Fsp3) is 0.556. The number of benzene rings is 1. The summed E-state index contributed by atoms with van der Waals surface area (Å²) in [4.78, 5) is 14.5. The fourth-order valence-corrected chi connectivity index (χ4v) is 3.58. The molecule has 1 aliphatic carbocycles. The maximum Gasteiger partial charge on any atom is 0.228 e. The lowest BCUT2D eigenvalue weighted by Gasteiger charge is -2.61. The van der Waals surface area contributed by atoms with E-state index >= 15 is 0 Å². The van der Waals surface area contributed by atoms with Gasteiger partial charge < -0.3 is 14.2 Å². The van der Waals surface area contributed by atoms with Gasteiger partial charge in [0.1, 0.15) is 5.69 Å². The van der Waals surface area contributed by atoms with Gasteiger partial charge in [-0.2, -0.15) is 0 Å². The zero-order valence-corrected chi connectivity index (χ0v) is 14.4.